The first-order chi connectivity index (χ1) is 15.4. The van der Waals surface area contributed by atoms with Gasteiger partial charge in [-0.05, 0) is 38.1 Å². The number of carbonyl (C=O) groups excluding carboxylic acids is 2. The lowest BCUT2D eigenvalue weighted by Crippen LogP contribution is -2.31. The lowest BCUT2D eigenvalue weighted by Gasteiger charge is -2.15. The SMILES string of the molecule is COc1cc(-c2cc(C(=O)NCC(=O)OC(C)C)c3ccccc3n2)cc(OC)c1OC. The average Bonchev–Trinajstić information content (AvgIpc) is 2.80. The Morgan fingerprint density at radius 2 is 1.62 bits per heavy atom. The maximum Gasteiger partial charge on any atom is 0.325 e. The summed E-state index contributed by atoms with van der Waals surface area (Å²) < 4.78 is 21.3. The molecular weight excluding hydrogens is 412 g/mol. The molecule has 0 radical (unpaired) electrons. The molecule has 32 heavy (non-hydrogen) atoms. The Morgan fingerprint density at radius 1 is 0.969 bits per heavy atom. The third kappa shape index (κ3) is 4.91. The largest absolute Gasteiger partial charge is 0.493 e. The van der Waals surface area contributed by atoms with Gasteiger partial charge in [-0.1, -0.05) is 18.2 Å². The Morgan fingerprint density at radius 3 is 2.22 bits per heavy atom. The zero-order valence-electron chi connectivity index (χ0n) is 18.7. The van der Waals surface area contributed by atoms with Crippen molar-refractivity contribution in [1.29, 1.82) is 0 Å². The molecule has 1 N–H and O–H groups in total. The summed E-state index contributed by atoms with van der Waals surface area (Å²) in [5.41, 5.74) is 2.24. The number of ether oxygens (including phenoxy) is 4. The van der Waals surface area contributed by atoms with Crippen LogP contribution in [0.25, 0.3) is 22.2 Å². The van der Waals surface area contributed by atoms with E-state index >= 15 is 0 Å². The van der Waals surface area contributed by atoms with Crippen LogP contribution in [0.4, 0.5) is 0 Å². The van der Waals surface area contributed by atoms with E-state index in [2.05, 4.69) is 5.32 Å². The highest BCUT2D eigenvalue weighted by Crippen LogP contribution is 2.41. The van der Waals surface area contributed by atoms with Crippen LogP contribution >= 0.6 is 0 Å². The van der Waals surface area contributed by atoms with Crippen molar-refractivity contribution in [2.45, 2.75) is 20.0 Å². The number of benzene rings is 2. The molecule has 8 heteroatoms. The number of methoxy groups -OCH3 is 3. The van der Waals surface area contributed by atoms with Crippen molar-refractivity contribution in [3.05, 3.63) is 48.0 Å². The Balaban J connectivity index is 2.05. The minimum Gasteiger partial charge on any atom is -0.493 e. The highest BCUT2D eigenvalue weighted by molar-refractivity contribution is 6.07. The first-order valence-corrected chi connectivity index (χ1v) is 10.1. The van der Waals surface area contributed by atoms with E-state index in [4.69, 9.17) is 23.9 Å². The molecular formula is C24H26N2O6. The Labute approximate surface area is 186 Å². The molecule has 1 heterocycles. The third-order valence-corrected chi connectivity index (χ3v) is 4.68. The van der Waals surface area contributed by atoms with Crippen LogP contribution in [0.3, 0.4) is 0 Å². The highest BCUT2D eigenvalue weighted by Gasteiger charge is 2.19. The van der Waals surface area contributed by atoms with Gasteiger partial charge in [0, 0.05) is 10.9 Å². The number of amides is 1. The molecule has 0 bridgehead atoms. The van der Waals surface area contributed by atoms with Crippen molar-refractivity contribution in [3.63, 3.8) is 0 Å². The van der Waals surface area contributed by atoms with Crippen molar-refractivity contribution in [1.82, 2.24) is 10.3 Å². The molecule has 0 aliphatic carbocycles. The maximum absolute atomic E-state index is 13.0. The zero-order valence-corrected chi connectivity index (χ0v) is 18.7. The van der Waals surface area contributed by atoms with Gasteiger partial charge in [-0.15, -0.1) is 0 Å². The summed E-state index contributed by atoms with van der Waals surface area (Å²) >= 11 is 0. The van der Waals surface area contributed by atoms with E-state index in [9.17, 15) is 9.59 Å². The van der Waals surface area contributed by atoms with Gasteiger partial charge < -0.3 is 24.3 Å². The number of aromatic nitrogens is 1. The van der Waals surface area contributed by atoms with Gasteiger partial charge in [-0.2, -0.15) is 0 Å². The molecule has 0 saturated heterocycles. The van der Waals surface area contributed by atoms with Crippen LogP contribution < -0.4 is 19.5 Å². The molecule has 1 amide bonds. The monoisotopic (exact) mass is 438 g/mol. The number of fused-ring (bicyclic) bond motifs is 1. The van der Waals surface area contributed by atoms with Crippen LogP contribution in [0.5, 0.6) is 17.2 Å². The summed E-state index contributed by atoms with van der Waals surface area (Å²) in [6.45, 7) is 3.27. The number of nitrogens with zero attached hydrogens (tertiary/aromatic N) is 1. The number of rotatable bonds is 8. The summed E-state index contributed by atoms with van der Waals surface area (Å²) in [7, 11) is 4.59. The van der Waals surface area contributed by atoms with E-state index in [1.54, 1.807) is 32.0 Å². The Kier molecular flexibility index (Phi) is 7.14. The summed E-state index contributed by atoms with van der Waals surface area (Å²) in [6, 6.07) is 12.5. The van der Waals surface area contributed by atoms with Crippen molar-refractivity contribution < 1.29 is 28.5 Å². The number of nitrogens with one attached hydrogen (secondary N) is 1. The number of carbonyl (C=O) groups is 2. The zero-order chi connectivity index (χ0) is 23.3. The van der Waals surface area contributed by atoms with Crippen LogP contribution in [0, 0.1) is 0 Å². The molecule has 0 atom stereocenters. The van der Waals surface area contributed by atoms with Gasteiger partial charge >= 0.3 is 5.97 Å². The van der Waals surface area contributed by atoms with Crippen LogP contribution in [0.2, 0.25) is 0 Å². The first kappa shape index (κ1) is 22.9. The molecule has 0 fully saturated rings. The second kappa shape index (κ2) is 10.00. The predicted molar refractivity (Wildman–Crippen MR) is 120 cm³/mol. The summed E-state index contributed by atoms with van der Waals surface area (Å²) in [5.74, 6) is 0.495. The maximum atomic E-state index is 13.0. The van der Waals surface area contributed by atoms with Crippen molar-refractivity contribution >= 4 is 22.8 Å². The number of pyridine rings is 1. The minimum absolute atomic E-state index is 0.229. The predicted octanol–water partition coefficient (Wildman–Crippen LogP) is 3.61. The number of hydrogen-bond acceptors (Lipinski definition) is 7. The highest BCUT2D eigenvalue weighted by atomic mass is 16.5. The lowest BCUT2D eigenvalue weighted by atomic mass is 10.0. The van der Waals surface area contributed by atoms with Gasteiger partial charge in [0.25, 0.3) is 5.91 Å². The van der Waals surface area contributed by atoms with E-state index in [1.807, 2.05) is 24.3 Å². The van der Waals surface area contributed by atoms with E-state index < -0.39 is 11.9 Å². The Hall–Kier alpha value is -3.81. The molecule has 2 aromatic carbocycles. The fourth-order valence-corrected chi connectivity index (χ4v) is 3.29. The number of para-hydroxylation sites is 1. The molecule has 8 nitrogen and oxygen atoms in total. The van der Waals surface area contributed by atoms with Gasteiger partial charge in [0.05, 0.1) is 44.2 Å². The van der Waals surface area contributed by atoms with Gasteiger partial charge in [0.15, 0.2) is 11.5 Å². The fourth-order valence-electron chi connectivity index (χ4n) is 3.29. The van der Waals surface area contributed by atoms with E-state index in [0.29, 0.717) is 45.0 Å². The molecule has 0 saturated carbocycles. The molecule has 3 rings (SSSR count). The second-order valence-corrected chi connectivity index (χ2v) is 7.21. The fraction of sp³-hybridized carbons (Fsp3) is 0.292. The van der Waals surface area contributed by atoms with Crippen molar-refractivity contribution in [3.8, 4) is 28.5 Å². The van der Waals surface area contributed by atoms with Gasteiger partial charge in [0.1, 0.15) is 6.54 Å². The molecule has 0 spiro atoms. The smallest absolute Gasteiger partial charge is 0.325 e. The number of hydrogen-bond donors (Lipinski definition) is 1. The van der Waals surface area contributed by atoms with E-state index in [1.165, 1.54) is 21.3 Å². The van der Waals surface area contributed by atoms with Crippen LogP contribution in [-0.4, -0.2) is 50.8 Å². The van der Waals surface area contributed by atoms with Crippen LogP contribution in [0.1, 0.15) is 24.2 Å². The topological polar surface area (TPSA) is 96.0 Å². The molecule has 1 aromatic heterocycles. The standard InChI is InChI=1S/C24H26N2O6/c1-14(2)32-22(27)13-25-24(28)17-12-19(26-18-9-7-6-8-16(17)18)15-10-20(29-3)23(31-5)21(11-15)30-4/h6-12,14H,13H2,1-5H3,(H,25,28). The average molecular weight is 438 g/mol. The van der Waals surface area contributed by atoms with Gasteiger partial charge in [-0.3, -0.25) is 9.59 Å². The molecule has 3 aromatic rings. The van der Waals surface area contributed by atoms with Crippen molar-refractivity contribution in [2.24, 2.45) is 0 Å². The van der Waals surface area contributed by atoms with Gasteiger partial charge in [-0.25, -0.2) is 4.98 Å². The quantitative estimate of drug-likeness (QED) is 0.537. The minimum atomic E-state index is -0.503. The Bertz CT molecular complexity index is 1120. The summed E-state index contributed by atoms with van der Waals surface area (Å²) in [5, 5.41) is 3.29. The molecule has 0 aliphatic heterocycles. The summed E-state index contributed by atoms with van der Waals surface area (Å²) in [4.78, 5) is 29.5. The van der Waals surface area contributed by atoms with Gasteiger partial charge in [0.2, 0.25) is 5.75 Å². The van der Waals surface area contributed by atoms with Crippen LogP contribution in [0.15, 0.2) is 42.5 Å². The molecule has 0 unspecified atom stereocenters. The summed E-state index contributed by atoms with van der Waals surface area (Å²) in [6.07, 6.45) is -0.257. The normalized spacial score (nSPS) is 10.7. The van der Waals surface area contributed by atoms with E-state index in [0.717, 1.165) is 0 Å². The third-order valence-electron chi connectivity index (χ3n) is 4.68. The lowest BCUT2D eigenvalue weighted by molar-refractivity contribution is -0.146. The first-order valence-electron chi connectivity index (χ1n) is 10.1. The van der Waals surface area contributed by atoms with Crippen LogP contribution in [-0.2, 0) is 9.53 Å². The second-order valence-electron chi connectivity index (χ2n) is 7.21. The molecule has 0 aliphatic rings. The van der Waals surface area contributed by atoms with E-state index in [-0.39, 0.29) is 12.6 Å². The number of esters is 1. The molecule has 168 valence electrons. The van der Waals surface area contributed by atoms with Crippen molar-refractivity contribution in [2.75, 3.05) is 27.9 Å².